The molecule has 0 unspecified atom stereocenters. The van der Waals surface area contributed by atoms with Crippen LogP contribution in [0.2, 0.25) is 0 Å². The van der Waals surface area contributed by atoms with Gasteiger partial charge < -0.3 is 9.84 Å². The van der Waals surface area contributed by atoms with Crippen LogP contribution in [0, 0.1) is 0 Å². The Labute approximate surface area is 103 Å². The van der Waals surface area contributed by atoms with Crippen LogP contribution in [-0.2, 0) is 16.5 Å². The summed E-state index contributed by atoms with van der Waals surface area (Å²) in [5.74, 6) is 0. The zero-order chi connectivity index (χ0) is 13.4. The Morgan fingerprint density at radius 1 is 1.50 bits per heavy atom. The van der Waals surface area contributed by atoms with E-state index in [9.17, 15) is 18.3 Å². The average molecular weight is 261 g/mol. The van der Waals surface area contributed by atoms with E-state index in [4.69, 9.17) is 4.74 Å². The van der Waals surface area contributed by atoms with Crippen molar-refractivity contribution in [2.45, 2.75) is 37.6 Å². The molecule has 0 aromatic carbocycles. The van der Waals surface area contributed by atoms with Crippen LogP contribution in [0.4, 0.5) is 13.2 Å². The Morgan fingerprint density at radius 2 is 2.17 bits per heavy atom. The van der Waals surface area contributed by atoms with E-state index >= 15 is 0 Å². The largest absolute Gasteiger partial charge is 0.416 e. The Hall–Kier alpha value is -1.14. The zero-order valence-electron chi connectivity index (χ0n) is 9.87. The highest BCUT2D eigenvalue weighted by molar-refractivity contribution is 5.34. The first-order chi connectivity index (χ1) is 8.37. The van der Waals surface area contributed by atoms with Gasteiger partial charge in [0.25, 0.3) is 0 Å². The van der Waals surface area contributed by atoms with Gasteiger partial charge in [-0.25, -0.2) is 0 Å². The molecule has 1 fully saturated rings. The molecule has 1 heterocycles. The van der Waals surface area contributed by atoms with Crippen molar-refractivity contribution < 1.29 is 23.0 Å². The lowest BCUT2D eigenvalue weighted by Gasteiger charge is -2.44. The lowest BCUT2D eigenvalue weighted by atomic mass is 9.72. The Bertz CT molecular complexity index is 428. The van der Waals surface area contributed by atoms with Gasteiger partial charge in [0.15, 0.2) is 0 Å². The number of halogens is 3. The SMILES string of the molecule is CCOC1CC(O)(c2cnccc2C(F)(F)F)C1. The Morgan fingerprint density at radius 3 is 2.72 bits per heavy atom. The second-order valence-corrected chi connectivity index (χ2v) is 4.44. The van der Waals surface area contributed by atoms with Crippen LogP contribution in [0.3, 0.4) is 0 Å². The molecule has 1 aliphatic carbocycles. The van der Waals surface area contributed by atoms with Crippen molar-refractivity contribution in [3.8, 4) is 0 Å². The molecule has 1 aromatic heterocycles. The molecule has 0 amide bonds. The molecule has 0 atom stereocenters. The van der Waals surface area contributed by atoms with E-state index in [1.165, 1.54) is 0 Å². The number of alkyl halides is 3. The third-order valence-corrected chi connectivity index (χ3v) is 3.16. The van der Waals surface area contributed by atoms with Crippen LogP contribution in [0.15, 0.2) is 18.5 Å². The number of nitrogens with zero attached hydrogens (tertiary/aromatic N) is 1. The van der Waals surface area contributed by atoms with E-state index < -0.39 is 17.3 Å². The summed E-state index contributed by atoms with van der Waals surface area (Å²) in [6.07, 6.45) is -2.14. The summed E-state index contributed by atoms with van der Waals surface area (Å²) < 4.78 is 43.7. The molecule has 1 saturated carbocycles. The second-order valence-electron chi connectivity index (χ2n) is 4.44. The van der Waals surface area contributed by atoms with E-state index in [1.54, 1.807) is 0 Å². The topological polar surface area (TPSA) is 42.4 Å². The summed E-state index contributed by atoms with van der Waals surface area (Å²) in [6.45, 7) is 2.29. The molecular weight excluding hydrogens is 247 g/mol. The molecule has 3 nitrogen and oxygen atoms in total. The predicted octanol–water partition coefficient (Wildman–Crippen LogP) is 2.49. The summed E-state index contributed by atoms with van der Waals surface area (Å²) in [6, 6.07) is 0.890. The quantitative estimate of drug-likeness (QED) is 0.909. The first-order valence-corrected chi connectivity index (χ1v) is 5.72. The van der Waals surface area contributed by atoms with Crippen LogP contribution < -0.4 is 0 Å². The summed E-state index contributed by atoms with van der Waals surface area (Å²) >= 11 is 0. The highest BCUT2D eigenvalue weighted by atomic mass is 19.4. The number of aliphatic hydroxyl groups is 1. The third kappa shape index (κ3) is 2.35. The number of aromatic nitrogens is 1. The first kappa shape index (κ1) is 13.3. The van der Waals surface area contributed by atoms with Crippen molar-refractivity contribution in [3.63, 3.8) is 0 Å². The molecule has 6 heteroatoms. The maximum atomic E-state index is 12.8. The molecular formula is C12H14F3NO2. The molecule has 1 N–H and O–H groups in total. The molecule has 1 aliphatic rings. The van der Waals surface area contributed by atoms with Gasteiger partial charge in [-0.3, -0.25) is 4.98 Å². The number of hydrogen-bond donors (Lipinski definition) is 1. The van der Waals surface area contributed by atoms with Gasteiger partial charge in [0.1, 0.15) is 0 Å². The van der Waals surface area contributed by atoms with E-state index in [1.807, 2.05) is 6.92 Å². The molecule has 0 aliphatic heterocycles. The second kappa shape index (κ2) is 4.51. The fourth-order valence-electron chi connectivity index (χ4n) is 2.28. The molecule has 0 spiro atoms. The molecule has 1 aromatic rings. The van der Waals surface area contributed by atoms with Gasteiger partial charge in [0, 0.05) is 37.4 Å². The first-order valence-electron chi connectivity index (χ1n) is 5.72. The van der Waals surface area contributed by atoms with Gasteiger partial charge in [-0.2, -0.15) is 13.2 Å². The minimum atomic E-state index is -4.48. The van der Waals surface area contributed by atoms with Crippen molar-refractivity contribution in [2.75, 3.05) is 6.61 Å². The lowest BCUT2D eigenvalue weighted by molar-refractivity contribution is -0.159. The average Bonchev–Trinajstić information content (AvgIpc) is 2.26. The van der Waals surface area contributed by atoms with Crippen molar-refractivity contribution in [1.29, 1.82) is 0 Å². The Kier molecular flexibility index (Phi) is 3.33. The number of rotatable bonds is 3. The molecule has 2 rings (SSSR count). The van der Waals surface area contributed by atoms with E-state index in [-0.39, 0.29) is 24.5 Å². The van der Waals surface area contributed by atoms with Gasteiger partial charge in [-0.15, -0.1) is 0 Å². The van der Waals surface area contributed by atoms with Crippen LogP contribution >= 0.6 is 0 Å². The van der Waals surface area contributed by atoms with Crippen molar-refractivity contribution >= 4 is 0 Å². The fraction of sp³-hybridized carbons (Fsp3) is 0.583. The van der Waals surface area contributed by atoms with Crippen molar-refractivity contribution in [1.82, 2.24) is 4.98 Å². The molecule has 0 saturated heterocycles. The highest BCUT2D eigenvalue weighted by Crippen LogP contribution is 2.46. The van der Waals surface area contributed by atoms with E-state index in [2.05, 4.69) is 4.98 Å². The zero-order valence-corrected chi connectivity index (χ0v) is 9.87. The van der Waals surface area contributed by atoms with Crippen LogP contribution in [-0.4, -0.2) is 22.8 Å². The van der Waals surface area contributed by atoms with Gasteiger partial charge in [0.2, 0.25) is 0 Å². The molecule has 18 heavy (non-hydrogen) atoms. The van der Waals surface area contributed by atoms with Gasteiger partial charge in [-0.05, 0) is 13.0 Å². The third-order valence-electron chi connectivity index (χ3n) is 3.16. The minimum Gasteiger partial charge on any atom is -0.385 e. The smallest absolute Gasteiger partial charge is 0.385 e. The van der Waals surface area contributed by atoms with Crippen molar-refractivity contribution in [3.05, 3.63) is 29.6 Å². The number of hydrogen-bond acceptors (Lipinski definition) is 3. The van der Waals surface area contributed by atoms with Crippen LogP contribution in [0.25, 0.3) is 0 Å². The minimum absolute atomic E-state index is 0.159. The van der Waals surface area contributed by atoms with Crippen LogP contribution in [0.5, 0.6) is 0 Å². The van der Waals surface area contributed by atoms with Gasteiger partial charge in [0.05, 0.1) is 17.3 Å². The van der Waals surface area contributed by atoms with Crippen LogP contribution in [0.1, 0.15) is 30.9 Å². The summed E-state index contributed by atoms with van der Waals surface area (Å²) in [5, 5.41) is 10.2. The van der Waals surface area contributed by atoms with Gasteiger partial charge in [-0.1, -0.05) is 0 Å². The van der Waals surface area contributed by atoms with Crippen molar-refractivity contribution in [2.24, 2.45) is 0 Å². The standard InChI is InChI=1S/C12H14F3NO2/c1-2-18-8-5-11(17,6-8)10-7-16-4-3-9(10)12(13,14)15/h3-4,7-8,17H,2,5-6H2,1H3. The monoisotopic (exact) mass is 261 g/mol. The van der Waals surface area contributed by atoms with E-state index in [0.717, 1.165) is 18.5 Å². The summed E-state index contributed by atoms with van der Waals surface area (Å²) in [7, 11) is 0. The fourth-order valence-corrected chi connectivity index (χ4v) is 2.28. The number of pyridine rings is 1. The van der Waals surface area contributed by atoms with Gasteiger partial charge >= 0.3 is 6.18 Å². The predicted molar refractivity (Wildman–Crippen MR) is 57.8 cm³/mol. The molecule has 0 radical (unpaired) electrons. The summed E-state index contributed by atoms with van der Waals surface area (Å²) in [5.41, 5.74) is -2.46. The molecule has 100 valence electrons. The maximum absolute atomic E-state index is 12.8. The molecule has 0 bridgehead atoms. The maximum Gasteiger partial charge on any atom is 0.416 e. The van der Waals surface area contributed by atoms with E-state index in [0.29, 0.717) is 6.61 Å². The number of ether oxygens (including phenoxy) is 1. The lowest BCUT2D eigenvalue weighted by Crippen LogP contribution is -2.47. The Balaban J connectivity index is 2.25. The normalized spacial score (nSPS) is 27.9. The highest BCUT2D eigenvalue weighted by Gasteiger charge is 2.49. The summed E-state index contributed by atoms with van der Waals surface area (Å²) in [4.78, 5) is 3.68.